The van der Waals surface area contributed by atoms with Gasteiger partial charge in [-0.25, -0.2) is 0 Å². The number of thioether (sulfide) groups is 1. The molecule has 1 saturated heterocycles. The minimum absolute atomic E-state index is 0.449. The van der Waals surface area contributed by atoms with E-state index in [4.69, 9.17) is 14.9 Å². The summed E-state index contributed by atoms with van der Waals surface area (Å²) in [5, 5.41) is 27.2. The fourth-order valence-electron chi connectivity index (χ4n) is 1.03. The summed E-state index contributed by atoms with van der Waals surface area (Å²) in [5.74, 6) is 0.579. The normalized spacial score (nSPS) is 44.7. The fraction of sp³-hybridized carbons (Fsp3) is 1.00. The van der Waals surface area contributed by atoms with Gasteiger partial charge in [-0.15, -0.1) is 0 Å². The van der Waals surface area contributed by atoms with Crippen LogP contribution in [0.3, 0.4) is 0 Å². The Bertz CT molecular complexity index is 132. The van der Waals surface area contributed by atoms with Crippen molar-refractivity contribution < 1.29 is 20.1 Å². The van der Waals surface area contributed by atoms with Crippen LogP contribution in [0.4, 0.5) is 0 Å². The molecule has 4 nitrogen and oxygen atoms in total. The topological polar surface area (TPSA) is 69.9 Å². The third kappa shape index (κ3) is 1.86. The molecule has 1 fully saturated rings. The van der Waals surface area contributed by atoms with Crippen LogP contribution < -0.4 is 0 Å². The first-order chi connectivity index (χ1) is 5.16. The summed E-state index contributed by atoms with van der Waals surface area (Å²) < 4.78 is 4.86. The van der Waals surface area contributed by atoms with Crippen LogP contribution in [0.25, 0.3) is 0 Å². The molecule has 3 N–H and O–H groups in total. The molecule has 0 radical (unpaired) electrons. The molecule has 11 heavy (non-hydrogen) atoms. The highest BCUT2D eigenvalue weighted by molar-refractivity contribution is 7.98. The van der Waals surface area contributed by atoms with Gasteiger partial charge in [0.05, 0.1) is 6.10 Å². The van der Waals surface area contributed by atoms with Gasteiger partial charge in [-0.05, 0) is 6.26 Å². The third-order valence-electron chi connectivity index (χ3n) is 1.67. The van der Waals surface area contributed by atoms with Crippen molar-refractivity contribution >= 4 is 11.8 Å². The van der Waals surface area contributed by atoms with E-state index in [0.717, 1.165) is 0 Å². The van der Waals surface area contributed by atoms with Crippen molar-refractivity contribution in [3.63, 3.8) is 0 Å². The molecule has 0 unspecified atom stereocenters. The summed E-state index contributed by atoms with van der Waals surface area (Å²) in [5.41, 5.74) is 0. The molecule has 0 amide bonds. The van der Waals surface area contributed by atoms with Crippen molar-refractivity contribution in [2.45, 2.75) is 24.6 Å². The Morgan fingerprint density at radius 3 is 2.27 bits per heavy atom. The smallest absolute Gasteiger partial charge is 0.183 e. The van der Waals surface area contributed by atoms with Crippen LogP contribution >= 0.6 is 11.8 Å². The second-order valence-corrected chi connectivity index (χ2v) is 3.41. The SMILES string of the molecule is CSC[C@H]1O[C@H](O)[C@H](O)[C@@H]1O. The lowest BCUT2D eigenvalue weighted by atomic mass is 10.2. The first-order valence-electron chi connectivity index (χ1n) is 3.35. The Morgan fingerprint density at radius 2 is 1.91 bits per heavy atom. The fourth-order valence-corrected chi connectivity index (χ4v) is 1.64. The highest BCUT2D eigenvalue weighted by Gasteiger charge is 2.41. The molecule has 0 spiro atoms. The number of hydrogen-bond acceptors (Lipinski definition) is 5. The van der Waals surface area contributed by atoms with E-state index in [1.54, 1.807) is 0 Å². The molecule has 1 rings (SSSR count). The van der Waals surface area contributed by atoms with Gasteiger partial charge in [-0.3, -0.25) is 0 Å². The van der Waals surface area contributed by atoms with E-state index in [1.807, 2.05) is 6.26 Å². The molecular formula is C6H12O4S. The molecular weight excluding hydrogens is 168 g/mol. The average Bonchev–Trinajstić information content (AvgIpc) is 2.19. The Morgan fingerprint density at radius 1 is 1.27 bits per heavy atom. The van der Waals surface area contributed by atoms with Crippen LogP contribution in [0.5, 0.6) is 0 Å². The van der Waals surface area contributed by atoms with Gasteiger partial charge in [-0.2, -0.15) is 11.8 Å². The number of aliphatic hydroxyl groups is 3. The summed E-state index contributed by atoms with van der Waals surface area (Å²) >= 11 is 1.50. The van der Waals surface area contributed by atoms with Crippen LogP contribution in [0.15, 0.2) is 0 Å². The first-order valence-corrected chi connectivity index (χ1v) is 4.75. The predicted molar refractivity (Wildman–Crippen MR) is 41.3 cm³/mol. The van der Waals surface area contributed by atoms with Gasteiger partial charge in [0.1, 0.15) is 12.2 Å². The van der Waals surface area contributed by atoms with Crippen molar-refractivity contribution in [3.05, 3.63) is 0 Å². The van der Waals surface area contributed by atoms with Crippen molar-refractivity contribution in [1.29, 1.82) is 0 Å². The van der Waals surface area contributed by atoms with Crippen molar-refractivity contribution in [2.24, 2.45) is 0 Å². The second kappa shape index (κ2) is 3.73. The minimum Gasteiger partial charge on any atom is -0.387 e. The minimum atomic E-state index is -1.23. The molecule has 1 heterocycles. The van der Waals surface area contributed by atoms with Crippen molar-refractivity contribution in [3.8, 4) is 0 Å². The summed E-state index contributed by atoms with van der Waals surface area (Å²) in [6.07, 6.45) is -1.94. The van der Waals surface area contributed by atoms with E-state index in [1.165, 1.54) is 11.8 Å². The quantitative estimate of drug-likeness (QED) is 0.497. The molecule has 0 aromatic rings. The van der Waals surface area contributed by atoms with Crippen LogP contribution in [0, 0.1) is 0 Å². The Kier molecular flexibility index (Phi) is 3.15. The van der Waals surface area contributed by atoms with E-state index in [9.17, 15) is 5.11 Å². The van der Waals surface area contributed by atoms with Crippen LogP contribution in [-0.4, -0.2) is 51.9 Å². The second-order valence-electron chi connectivity index (χ2n) is 2.50. The van der Waals surface area contributed by atoms with E-state index < -0.39 is 24.6 Å². The van der Waals surface area contributed by atoms with Crippen LogP contribution in [0.2, 0.25) is 0 Å². The number of hydrogen-bond donors (Lipinski definition) is 3. The van der Waals surface area contributed by atoms with Crippen LogP contribution in [-0.2, 0) is 4.74 Å². The molecule has 0 aliphatic carbocycles. The van der Waals surface area contributed by atoms with E-state index in [2.05, 4.69) is 0 Å². The average molecular weight is 180 g/mol. The molecule has 0 bridgehead atoms. The van der Waals surface area contributed by atoms with Gasteiger partial charge in [0, 0.05) is 5.75 Å². The Labute approximate surface area is 69.2 Å². The lowest BCUT2D eigenvalue weighted by Gasteiger charge is -2.11. The molecule has 0 saturated carbocycles. The molecule has 0 aromatic carbocycles. The van der Waals surface area contributed by atoms with Gasteiger partial charge in [0.2, 0.25) is 0 Å². The zero-order valence-electron chi connectivity index (χ0n) is 6.17. The lowest BCUT2D eigenvalue weighted by Crippen LogP contribution is -2.33. The third-order valence-corrected chi connectivity index (χ3v) is 2.33. The lowest BCUT2D eigenvalue weighted by molar-refractivity contribution is -0.123. The van der Waals surface area contributed by atoms with Crippen molar-refractivity contribution in [2.75, 3.05) is 12.0 Å². The zero-order chi connectivity index (χ0) is 8.43. The summed E-state index contributed by atoms with van der Waals surface area (Å²) in [4.78, 5) is 0. The van der Waals surface area contributed by atoms with E-state index in [-0.39, 0.29) is 0 Å². The predicted octanol–water partition coefficient (Wildman–Crippen LogP) is -1.21. The van der Waals surface area contributed by atoms with Gasteiger partial charge in [-0.1, -0.05) is 0 Å². The number of rotatable bonds is 2. The van der Waals surface area contributed by atoms with Gasteiger partial charge in [0.25, 0.3) is 0 Å². The molecule has 0 aromatic heterocycles. The molecule has 4 atom stereocenters. The highest BCUT2D eigenvalue weighted by Crippen LogP contribution is 2.21. The van der Waals surface area contributed by atoms with E-state index >= 15 is 0 Å². The van der Waals surface area contributed by atoms with Crippen LogP contribution in [0.1, 0.15) is 0 Å². The van der Waals surface area contributed by atoms with Gasteiger partial charge in [0.15, 0.2) is 6.29 Å². The summed E-state index contributed by atoms with van der Waals surface area (Å²) in [7, 11) is 0. The molecule has 1 aliphatic rings. The van der Waals surface area contributed by atoms with Gasteiger partial charge >= 0.3 is 0 Å². The first kappa shape index (κ1) is 9.28. The largest absolute Gasteiger partial charge is 0.387 e. The monoisotopic (exact) mass is 180 g/mol. The summed E-state index contributed by atoms with van der Waals surface area (Å²) in [6.45, 7) is 0. The standard InChI is InChI=1S/C6H12O4S/c1-11-2-3-4(7)5(8)6(9)10-3/h3-9H,2H2,1H3/t3-,4-,5-,6+/m1/s1. The Balaban J connectivity index is 2.45. The summed E-state index contributed by atoms with van der Waals surface area (Å²) in [6, 6.07) is 0. The molecule has 5 heteroatoms. The Hall–Kier alpha value is 0.190. The van der Waals surface area contributed by atoms with Crippen molar-refractivity contribution in [1.82, 2.24) is 0 Å². The maximum absolute atomic E-state index is 9.21. The number of aliphatic hydroxyl groups excluding tert-OH is 3. The zero-order valence-corrected chi connectivity index (χ0v) is 6.99. The van der Waals surface area contributed by atoms with E-state index in [0.29, 0.717) is 5.75 Å². The molecule has 66 valence electrons. The molecule has 1 aliphatic heterocycles. The highest BCUT2D eigenvalue weighted by atomic mass is 32.2. The number of ether oxygens (including phenoxy) is 1. The maximum atomic E-state index is 9.21. The maximum Gasteiger partial charge on any atom is 0.183 e. The van der Waals surface area contributed by atoms with Gasteiger partial charge < -0.3 is 20.1 Å².